The van der Waals surface area contributed by atoms with Gasteiger partial charge >= 0.3 is 0 Å². The highest BCUT2D eigenvalue weighted by atomic mass is 16.2. The van der Waals surface area contributed by atoms with Crippen molar-refractivity contribution >= 4 is 5.91 Å². The lowest BCUT2D eigenvalue weighted by molar-refractivity contribution is -0.132. The molecule has 2 rings (SSSR count). The first-order chi connectivity index (χ1) is 10.1. The van der Waals surface area contributed by atoms with Gasteiger partial charge in [0.05, 0.1) is 0 Å². The summed E-state index contributed by atoms with van der Waals surface area (Å²) in [6, 6.07) is 9.10. The molecule has 1 amide bonds. The molecule has 1 aliphatic heterocycles. The van der Waals surface area contributed by atoms with E-state index in [9.17, 15) is 4.79 Å². The molecule has 1 N–H and O–H groups in total. The van der Waals surface area contributed by atoms with Crippen LogP contribution in [-0.4, -0.2) is 37.0 Å². The maximum atomic E-state index is 12.3. The Morgan fingerprint density at radius 1 is 1.24 bits per heavy atom. The molecule has 0 unspecified atom stereocenters. The Kier molecular flexibility index (Phi) is 5.80. The lowest BCUT2D eigenvalue weighted by Gasteiger charge is -2.31. The van der Waals surface area contributed by atoms with E-state index in [0.29, 0.717) is 18.4 Å². The molecule has 1 saturated heterocycles. The lowest BCUT2D eigenvalue weighted by Crippen LogP contribution is -2.44. The highest BCUT2D eigenvalue weighted by Gasteiger charge is 2.21. The van der Waals surface area contributed by atoms with Gasteiger partial charge in [-0.15, -0.1) is 0 Å². The molecule has 0 radical (unpaired) electrons. The standard InChI is InChI=1S/C18H28N2O/c1-14(2)16-7-4-15(5-8-16)6-9-18(21)20(3)17-10-12-19-13-11-17/h4-5,7-8,14,17,19H,6,9-13H2,1-3H3. The smallest absolute Gasteiger partial charge is 0.222 e. The highest BCUT2D eigenvalue weighted by Crippen LogP contribution is 2.16. The Hall–Kier alpha value is -1.35. The molecule has 116 valence electrons. The Morgan fingerprint density at radius 3 is 2.43 bits per heavy atom. The molecular formula is C18H28N2O. The minimum absolute atomic E-state index is 0.273. The summed E-state index contributed by atoms with van der Waals surface area (Å²) in [6.45, 7) is 6.46. The van der Waals surface area contributed by atoms with E-state index in [1.165, 1.54) is 11.1 Å². The normalized spacial score (nSPS) is 16.2. The predicted molar refractivity (Wildman–Crippen MR) is 87.5 cm³/mol. The molecule has 1 aromatic rings. The Morgan fingerprint density at radius 2 is 1.86 bits per heavy atom. The van der Waals surface area contributed by atoms with Gasteiger partial charge in [-0.1, -0.05) is 38.1 Å². The van der Waals surface area contributed by atoms with Crippen molar-refractivity contribution in [3.05, 3.63) is 35.4 Å². The van der Waals surface area contributed by atoms with Crippen molar-refractivity contribution in [2.45, 2.75) is 51.5 Å². The minimum atomic E-state index is 0.273. The summed E-state index contributed by atoms with van der Waals surface area (Å²) < 4.78 is 0. The average Bonchev–Trinajstić information content (AvgIpc) is 2.53. The van der Waals surface area contributed by atoms with Gasteiger partial charge in [-0.2, -0.15) is 0 Å². The van der Waals surface area contributed by atoms with Crippen molar-refractivity contribution in [2.75, 3.05) is 20.1 Å². The van der Waals surface area contributed by atoms with Crippen LogP contribution in [0.1, 0.15) is 50.2 Å². The fourth-order valence-electron chi connectivity index (χ4n) is 2.89. The van der Waals surface area contributed by atoms with Crippen molar-refractivity contribution in [3.8, 4) is 0 Å². The van der Waals surface area contributed by atoms with E-state index in [-0.39, 0.29) is 5.91 Å². The van der Waals surface area contributed by atoms with Gasteiger partial charge in [-0.25, -0.2) is 0 Å². The van der Waals surface area contributed by atoms with Crippen molar-refractivity contribution in [2.24, 2.45) is 0 Å². The van der Waals surface area contributed by atoms with Gasteiger partial charge in [-0.05, 0) is 49.4 Å². The SMILES string of the molecule is CC(C)c1ccc(CCC(=O)N(C)C2CCNCC2)cc1. The Balaban J connectivity index is 1.82. The first-order valence-electron chi connectivity index (χ1n) is 8.13. The second-order valence-electron chi connectivity index (χ2n) is 6.38. The molecule has 0 bridgehead atoms. The largest absolute Gasteiger partial charge is 0.343 e. The number of nitrogens with one attached hydrogen (secondary N) is 1. The molecule has 1 heterocycles. The third-order valence-corrected chi connectivity index (χ3v) is 4.52. The van der Waals surface area contributed by atoms with Crippen LogP contribution in [0.3, 0.4) is 0 Å². The molecule has 21 heavy (non-hydrogen) atoms. The summed E-state index contributed by atoms with van der Waals surface area (Å²) in [5.74, 6) is 0.835. The maximum absolute atomic E-state index is 12.3. The molecular weight excluding hydrogens is 260 g/mol. The molecule has 0 saturated carbocycles. The zero-order valence-electron chi connectivity index (χ0n) is 13.6. The zero-order valence-corrected chi connectivity index (χ0v) is 13.6. The van der Waals surface area contributed by atoms with Crippen LogP contribution in [0, 0.1) is 0 Å². The third-order valence-electron chi connectivity index (χ3n) is 4.52. The van der Waals surface area contributed by atoms with Gasteiger partial charge < -0.3 is 10.2 Å². The second kappa shape index (κ2) is 7.60. The number of carbonyl (C=O) groups is 1. The van der Waals surface area contributed by atoms with Crippen molar-refractivity contribution < 1.29 is 4.79 Å². The minimum Gasteiger partial charge on any atom is -0.343 e. The van der Waals surface area contributed by atoms with E-state index >= 15 is 0 Å². The summed E-state index contributed by atoms with van der Waals surface area (Å²) in [4.78, 5) is 14.3. The van der Waals surface area contributed by atoms with Crippen molar-refractivity contribution in [1.29, 1.82) is 0 Å². The number of aryl methyl sites for hydroxylation is 1. The van der Waals surface area contributed by atoms with Crippen LogP contribution in [0.5, 0.6) is 0 Å². The molecule has 0 atom stereocenters. The highest BCUT2D eigenvalue weighted by molar-refractivity contribution is 5.76. The number of piperidine rings is 1. The van der Waals surface area contributed by atoms with Crippen LogP contribution in [0.4, 0.5) is 0 Å². The van der Waals surface area contributed by atoms with Crippen LogP contribution in [0.2, 0.25) is 0 Å². The Labute approximate surface area is 128 Å². The van der Waals surface area contributed by atoms with E-state index in [0.717, 1.165) is 32.4 Å². The number of rotatable bonds is 5. The summed E-state index contributed by atoms with van der Waals surface area (Å²) in [5.41, 5.74) is 2.61. The second-order valence-corrected chi connectivity index (χ2v) is 6.38. The summed E-state index contributed by atoms with van der Waals surface area (Å²) in [5, 5.41) is 3.34. The fraction of sp³-hybridized carbons (Fsp3) is 0.611. The van der Waals surface area contributed by atoms with E-state index in [4.69, 9.17) is 0 Å². The quantitative estimate of drug-likeness (QED) is 0.903. The predicted octanol–water partition coefficient (Wildman–Crippen LogP) is 2.95. The monoisotopic (exact) mass is 288 g/mol. The van der Waals surface area contributed by atoms with Crippen LogP contribution in [0.15, 0.2) is 24.3 Å². The van der Waals surface area contributed by atoms with Gasteiger partial charge in [0.1, 0.15) is 0 Å². The van der Waals surface area contributed by atoms with Crippen molar-refractivity contribution in [3.63, 3.8) is 0 Å². The van der Waals surface area contributed by atoms with Crippen LogP contribution in [0.25, 0.3) is 0 Å². The number of carbonyl (C=O) groups excluding carboxylic acids is 1. The fourth-order valence-corrected chi connectivity index (χ4v) is 2.89. The number of amides is 1. The van der Waals surface area contributed by atoms with Gasteiger partial charge in [0.2, 0.25) is 5.91 Å². The average molecular weight is 288 g/mol. The molecule has 1 fully saturated rings. The van der Waals surface area contributed by atoms with Crippen LogP contribution >= 0.6 is 0 Å². The summed E-state index contributed by atoms with van der Waals surface area (Å²) >= 11 is 0. The van der Waals surface area contributed by atoms with E-state index in [1.54, 1.807) is 0 Å². The molecule has 0 spiro atoms. The van der Waals surface area contributed by atoms with E-state index in [2.05, 4.69) is 43.4 Å². The molecule has 3 nitrogen and oxygen atoms in total. The van der Waals surface area contributed by atoms with Crippen LogP contribution < -0.4 is 5.32 Å². The first-order valence-corrected chi connectivity index (χ1v) is 8.13. The maximum Gasteiger partial charge on any atom is 0.222 e. The molecule has 1 aliphatic rings. The van der Waals surface area contributed by atoms with Gasteiger partial charge in [0.15, 0.2) is 0 Å². The molecule has 3 heteroatoms. The molecule has 0 aliphatic carbocycles. The number of hydrogen-bond donors (Lipinski definition) is 1. The third kappa shape index (κ3) is 4.57. The summed E-state index contributed by atoms with van der Waals surface area (Å²) in [7, 11) is 1.96. The van der Waals surface area contributed by atoms with Crippen molar-refractivity contribution in [1.82, 2.24) is 10.2 Å². The lowest BCUT2D eigenvalue weighted by atomic mass is 10.00. The van der Waals surface area contributed by atoms with Gasteiger partial charge in [0.25, 0.3) is 0 Å². The summed E-state index contributed by atoms with van der Waals surface area (Å²) in [6.07, 6.45) is 3.60. The van der Waals surface area contributed by atoms with Crippen LogP contribution in [-0.2, 0) is 11.2 Å². The van der Waals surface area contributed by atoms with E-state index < -0.39 is 0 Å². The van der Waals surface area contributed by atoms with E-state index in [1.807, 2.05) is 11.9 Å². The molecule has 0 aromatic heterocycles. The zero-order chi connectivity index (χ0) is 15.2. The van der Waals surface area contributed by atoms with Gasteiger partial charge in [-0.3, -0.25) is 4.79 Å². The number of hydrogen-bond acceptors (Lipinski definition) is 2. The topological polar surface area (TPSA) is 32.3 Å². The van der Waals surface area contributed by atoms with Gasteiger partial charge in [0, 0.05) is 19.5 Å². The number of nitrogens with zero attached hydrogens (tertiary/aromatic N) is 1. The molecule has 1 aromatic carbocycles. The number of benzene rings is 1. The first kappa shape index (κ1) is 16.0. The Bertz CT molecular complexity index is 447.